The Bertz CT molecular complexity index is 394. The number of hydrogen-bond acceptors (Lipinski definition) is 2. The van der Waals surface area contributed by atoms with E-state index in [9.17, 15) is 4.39 Å². The van der Waals surface area contributed by atoms with E-state index in [1.54, 1.807) is 13.8 Å². The highest BCUT2D eigenvalue weighted by molar-refractivity contribution is 6.03. The largest absolute Gasteiger partial charge is 0.371 e. The Hall–Kier alpha value is -1.12. The number of aliphatic imine (C=N–C) groups is 1. The fourth-order valence-corrected chi connectivity index (χ4v) is 2.98. The minimum Gasteiger partial charge on any atom is -0.371 e. The summed E-state index contributed by atoms with van der Waals surface area (Å²) in [6, 6.07) is 0. The second kappa shape index (κ2) is 7.05. The molecule has 0 saturated carbocycles. The van der Waals surface area contributed by atoms with Crippen LogP contribution in [0.2, 0.25) is 0 Å². The van der Waals surface area contributed by atoms with Gasteiger partial charge in [0.25, 0.3) is 0 Å². The summed E-state index contributed by atoms with van der Waals surface area (Å²) in [6.45, 7) is 13.5. The van der Waals surface area contributed by atoms with Crippen molar-refractivity contribution in [3.63, 3.8) is 0 Å². The van der Waals surface area contributed by atoms with Gasteiger partial charge in [0.05, 0.1) is 0 Å². The smallest absolute Gasteiger partial charge is 0.108 e. The van der Waals surface area contributed by atoms with E-state index in [-0.39, 0.29) is 5.92 Å². The third kappa shape index (κ3) is 3.94. The zero-order chi connectivity index (χ0) is 15.3. The van der Waals surface area contributed by atoms with Crippen LogP contribution < -0.4 is 0 Å². The van der Waals surface area contributed by atoms with Crippen molar-refractivity contribution in [2.24, 2.45) is 10.9 Å². The average Bonchev–Trinajstić information content (AvgIpc) is 2.43. The third-order valence-corrected chi connectivity index (χ3v) is 4.36. The van der Waals surface area contributed by atoms with Crippen LogP contribution in [0.1, 0.15) is 47.0 Å². The Labute approximate surface area is 123 Å². The number of rotatable bonds is 5. The number of hydrogen-bond donors (Lipinski definition) is 0. The number of piperidine rings is 1. The van der Waals surface area contributed by atoms with Crippen molar-refractivity contribution in [3.05, 3.63) is 23.9 Å². The van der Waals surface area contributed by atoms with E-state index in [1.165, 1.54) is 0 Å². The van der Waals surface area contributed by atoms with E-state index in [1.807, 2.05) is 14.0 Å². The van der Waals surface area contributed by atoms with Gasteiger partial charge in [-0.3, -0.25) is 4.99 Å². The van der Waals surface area contributed by atoms with Crippen LogP contribution in [-0.4, -0.2) is 36.4 Å². The van der Waals surface area contributed by atoms with E-state index in [4.69, 9.17) is 0 Å². The molecule has 1 saturated heterocycles. The summed E-state index contributed by atoms with van der Waals surface area (Å²) >= 11 is 0. The molecule has 0 unspecified atom stereocenters. The fraction of sp³-hybridized carbons (Fsp3) is 0.706. The van der Waals surface area contributed by atoms with Crippen molar-refractivity contribution in [1.29, 1.82) is 0 Å². The van der Waals surface area contributed by atoms with Crippen LogP contribution in [-0.2, 0) is 0 Å². The van der Waals surface area contributed by atoms with Gasteiger partial charge in [-0.1, -0.05) is 19.6 Å². The van der Waals surface area contributed by atoms with Crippen molar-refractivity contribution in [2.75, 3.05) is 20.1 Å². The Morgan fingerprint density at radius 1 is 1.40 bits per heavy atom. The van der Waals surface area contributed by atoms with Gasteiger partial charge >= 0.3 is 0 Å². The highest BCUT2D eigenvalue weighted by Crippen LogP contribution is 2.33. The van der Waals surface area contributed by atoms with E-state index < -0.39 is 5.67 Å². The normalized spacial score (nSPS) is 19.4. The Morgan fingerprint density at radius 2 is 1.95 bits per heavy atom. The SMILES string of the molecule is C=C(/C(=C/C)C(CC)=NC)N1CCC(C(C)(C)F)CC1. The van der Waals surface area contributed by atoms with E-state index in [0.29, 0.717) is 0 Å². The highest BCUT2D eigenvalue weighted by Gasteiger charge is 2.32. The molecule has 0 N–H and O–H groups in total. The summed E-state index contributed by atoms with van der Waals surface area (Å²) < 4.78 is 14.0. The molecule has 0 atom stereocenters. The van der Waals surface area contributed by atoms with Crippen LogP contribution >= 0.6 is 0 Å². The molecule has 0 spiro atoms. The maximum Gasteiger partial charge on any atom is 0.108 e. The Kier molecular flexibility index (Phi) is 5.97. The number of nitrogens with zero attached hydrogens (tertiary/aromatic N) is 2. The van der Waals surface area contributed by atoms with Gasteiger partial charge in [-0.05, 0) is 46.0 Å². The van der Waals surface area contributed by atoms with Crippen LogP contribution in [0.15, 0.2) is 28.9 Å². The van der Waals surface area contributed by atoms with E-state index in [2.05, 4.69) is 29.5 Å². The molecule has 0 aromatic rings. The van der Waals surface area contributed by atoms with Crippen molar-refractivity contribution in [1.82, 2.24) is 4.90 Å². The summed E-state index contributed by atoms with van der Waals surface area (Å²) in [4.78, 5) is 6.62. The first-order valence-corrected chi connectivity index (χ1v) is 7.60. The summed E-state index contributed by atoms with van der Waals surface area (Å²) in [5.41, 5.74) is 2.18. The second-order valence-electron chi connectivity index (χ2n) is 6.00. The molecule has 3 heteroatoms. The van der Waals surface area contributed by atoms with Gasteiger partial charge in [0.2, 0.25) is 0 Å². The highest BCUT2D eigenvalue weighted by atomic mass is 19.1. The number of alkyl halides is 1. The lowest BCUT2D eigenvalue weighted by Gasteiger charge is -2.39. The minimum absolute atomic E-state index is 0.158. The molecule has 1 heterocycles. The predicted molar refractivity (Wildman–Crippen MR) is 86.0 cm³/mol. The first kappa shape index (κ1) is 16.9. The summed E-state index contributed by atoms with van der Waals surface area (Å²) in [5.74, 6) is 0.158. The molecular formula is C17H29FN2. The zero-order valence-electron chi connectivity index (χ0n) is 13.7. The standard InChI is InChI=1S/C17H29FN2/c1-7-15(16(8-2)19-6)13(3)20-11-9-14(10-12-20)17(4,5)18/h7,14H,3,8-12H2,1-2,4-6H3/b15-7-,19-16?. The van der Waals surface area contributed by atoms with Gasteiger partial charge in [-0.25, -0.2) is 4.39 Å². The van der Waals surface area contributed by atoms with Crippen LogP contribution in [0.25, 0.3) is 0 Å². The van der Waals surface area contributed by atoms with Gasteiger partial charge in [0, 0.05) is 37.1 Å². The molecule has 1 aliphatic heterocycles. The van der Waals surface area contributed by atoms with Gasteiger partial charge in [0.15, 0.2) is 0 Å². The second-order valence-corrected chi connectivity index (χ2v) is 6.00. The maximum atomic E-state index is 14.0. The molecule has 1 aliphatic rings. The number of halogens is 1. The topological polar surface area (TPSA) is 15.6 Å². The summed E-state index contributed by atoms with van der Waals surface area (Å²) in [6.07, 6.45) is 4.77. The van der Waals surface area contributed by atoms with Crippen LogP contribution in [0.4, 0.5) is 4.39 Å². The molecule has 1 rings (SSSR count). The minimum atomic E-state index is -1.07. The number of allylic oxidation sites excluding steroid dienone is 2. The molecule has 0 bridgehead atoms. The van der Waals surface area contributed by atoms with Crippen molar-refractivity contribution in [3.8, 4) is 0 Å². The lowest BCUT2D eigenvalue weighted by Crippen LogP contribution is -2.40. The van der Waals surface area contributed by atoms with Gasteiger partial charge in [-0.15, -0.1) is 0 Å². The Morgan fingerprint density at radius 3 is 2.30 bits per heavy atom. The molecule has 0 aromatic heterocycles. The Balaban J connectivity index is 2.72. The quantitative estimate of drug-likeness (QED) is 0.539. The lowest BCUT2D eigenvalue weighted by atomic mass is 9.84. The van der Waals surface area contributed by atoms with Crippen molar-refractivity contribution < 1.29 is 4.39 Å². The summed E-state index contributed by atoms with van der Waals surface area (Å²) in [7, 11) is 1.83. The first-order chi connectivity index (χ1) is 9.35. The van der Waals surface area contributed by atoms with Gasteiger partial charge in [0.1, 0.15) is 5.67 Å². The van der Waals surface area contributed by atoms with Crippen LogP contribution in [0.3, 0.4) is 0 Å². The number of likely N-dealkylation sites (tertiary alicyclic amines) is 1. The first-order valence-electron chi connectivity index (χ1n) is 7.60. The van der Waals surface area contributed by atoms with Crippen LogP contribution in [0, 0.1) is 5.92 Å². The molecular weight excluding hydrogens is 251 g/mol. The van der Waals surface area contributed by atoms with Gasteiger partial charge in [-0.2, -0.15) is 0 Å². The third-order valence-electron chi connectivity index (χ3n) is 4.36. The molecule has 0 aromatic carbocycles. The maximum absolute atomic E-state index is 14.0. The average molecular weight is 280 g/mol. The van der Waals surface area contributed by atoms with Gasteiger partial charge < -0.3 is 4.90 Å². The van der Waals surface area contributed by atoms with E-state index in [0.717, 1.165) is 49.3 Å². The van der Waals surface area contributed by atoms with Crippen molar-refractivity contribution in [2.45, 2.75) is 52.6 Å². The molecule has 20 heavy (non-hydrogen) atoms. The molecule has 0 aliphatic carbocycles. The molecule has 2 nitrogen and oxygen atoms in total. The summed E-state index contributed by atoms with van der Waals surface area (Å²) in [5, 5.41) is 0. The monoisotopic (exact) mass is 280 g/mol. The van der Waals surface area contributed by atoms with Crippen molar-refractivity contribution >= 4 is 5.71 Å². The molecule has 114 valence electrons. The lowest BCUT2D eigenvalue weighted by molar-refractivity contribution is 0.0737. The molecule has 0 amide bonds. The van der Waals surface area contributed by atoms with Crippen LogP contribution in [0.5, 0.6) is 0 Å². The predicted octanol–water partition coefficient (Wildman–Crippen LogP) is 4.39. The molecule has 1 fully saturated rings. The zero-order valence-corrected chi connectivity index (χ0v) is 13.7. The molecule has 0 radical (unpaired) electrons. The van der Waals surface area contributed by atoms with E-state index >= 15 is 0 Å². The fourth-order valence-electron chi connectivity index (χ4n) is 2.98.